The Morgan fingerprint density at radius 3 is 2.71 bits per heavy atom. The van der Waals surface area contributed by atoms with Gasteiger partial charge in [0.2, 0.25) is 5.91 Å². The molecule has 1 rings (SSSR count). The Kier molecular flexibility index (Phi) is 7.50. The molecule has 0 saturated heterocycles. The Bertz CT molecular complexity index is 466. The van der Waals surface area contributed by atoms with Crippen LogP contribution in [0.4, 0.5) is 5.69 Å². The zero-order valence-corrected chi connectivity index (χ0v) is 13.6. The SMILES string of the molecule is COCCNCc1ccc(N(CC(N)=O)C(C)C)c(Cl)c1. The van der Waals surface area contributed by atoms with Gasteiger partial charge >= 0.3 is 0 Å². The molecule has 0 aliphatic rings. The third-order valence-corrected chi connectivity index (χ3v) is 3.39. The van der Waals surface area contributed by atoms with Crippen LogP contribution in [0.3, 0.4) is 0 Å². The van der Waals surface area contributed by atoms with E-state index in [1.54, 1.807) is 7.11 Å². The maximum absolute atomic E-state index is 11.2. The summed E-state index contributed by atoms with van der Waals surface area (Å²) in [5.74, 6) is -0.370. The number of halogens is 1. The van der Waals surface area contributed by atoms with Crippen molar-refractivity contribution in [3.8, 4) is 0 Å². The smallest absolute Gasteiger partial charge is 0.236 e. The molecule has 5 nitrogen and oxygen atoms in total. The number of nitrogens with zero attached hydrogens (tertiary/aromatic N) is 1. The highest BCUT2D eigenvalue weighted by atomic mass is 35.5. The highest BCUT2D eigenvalue weighted by Crippen LogP contribution is 2.28. The number of rotatable bonds is 9. The Morgan fingerprint density at radius 2 is 2.19 bits per heavy atom. The minimum Gasteiger partial charge on any atom is -0.383 e. The van der Waals surface area contributed by atoms with Crippen LogP contribution in [-0.4, -0.2) is 38.8 Å². The fourth-order valence-corrected chi connectivity index (χ4v) is 2.33. The van der Waals surface area contributed by atoms with E-state index in [1.165, 1.54) is 0 Å². The summed E-state index contributed by atoms with van der Waals surface area (Å²) >= 11 is 6.35. The summed E-state index contributed by atoms with van der Waals surface area (Å²) in [6, 6.07) is 5.98. The van der Waals surface area contributed by atoms with Crippen molar-refractivity contribution in [2.24, 2.45) is 5.73 Å². The lowest BCUT2D eigenvalue weighted by molar-refractivity contribution is -0.116. The van der Waals surface area contributed by atoms with Crippen molar-refractivity contribution >= 4 is 23.2 Å². The van der Waals surface area contributed by atoms with Crippen molar-refractivity contribution in [2.45, 2.75) is 26.4 Å². The van der Waals surface area contributed by atoms with Crippen LogP contribution >= 0.6 is 11.6 Å². The zero-order valence-electron chi connectivity index (χ0n) is 12.9. The van der Waals surface area contributed by atoms with E-state index >= 15 is 0 Å². The fourth-order valence-electron chi connectivity index (χ4n) is 2.01. The summed E-state index contributed by atoms with van der Waals surface area (Å²) in [5.41, 5.74) is 7.21. The summed E-state index contributed by atoms with van der Waals surface area (Å²) < 4.78 is 4.98. The van der Waals surface area contributed by atoms with E-state index < -0.39 is 0 Å². The van der Waals surface area contributed by atoms with Gasteiger partial charge in [-0.1, -0.05) is 17.7 Å². The van der Waals surface area contributed by atoms with Crippen molar-refractivity contribution < 1.29 is 9.53 Å². The molecule has 0 atom stereocenters. The molecule has 0 aliphatic heterocycles. The molecule has 0 aliphatic carbocycles. The van der Waals surface area contributed by atoms with Gasteiger partial charge in [0, 0.05) is 26.2 Å². The lowest BCUT2D eigenvalue weighted by atomic mass is 10.1. The molecule has 0 saturated carbocycles. The number of carbonyl (C=O) groups excluding carboxylic acids is 1. The summed E-state index contributed by atoms with van der Waals surface area (Å²) in [4.78, 5) is 13.1. The largest absolute Gasteiger partial charge is 0.383 e. The fraction of sp³-hybridized carbons (Fsp3) is 0.533. The van der Waals surface area contributed by atoms with Gasteiger partial charge in [0.25, 0.3) is 0 Å². The summed E-state index contributed by atoms with van der Waals surface area (Å²) in [7, 11) is 1.67. The number of methoxy groups -OCH3 is 1. The summed E-state index contributed by atoms with van der Waals surface area (Å²) in [5, 5.41) is 3.88. The molecule has 118 valence electrons. The van der Waals surface area contributed by atoms with E-state index in [4.69, 9.17) is 22.1 Å². The molecule has 0 radical (unpaired) electrons. The number of nitrogens with one attached hydrogen (secondary N) is 1. The standard InChI is InChI=1S/C15H24ClN3O2/c1-11(2)19(10-15(17)20)14-5-4-12(8-13(14)16)9-18-6-7-21-3/h4-5,8,11,18H,6-7,9-10H2,1-3H3,(H2,17,20). The van der Waals surface area contributed by atoms with E-state index in [1.807, 2.05) is 36.9 Å². The molecule has 1 aromatic rings. The highest BCUT2D eigenvalue weighted by Gasteiger charge is 2.16. The first-order chi connectivity index (χ1) is 9.95. The molecule has 21 heavy (non-hydrogen) atoms. The predicted molar refractivity (Wildman–Crippen MR) is 86.7 cm³/mol. The lowest BCUT2D eigenvalue weighted by Crippen LogP contribution is -2.38. The number of amides is 1. The second kappa shape index (κ2) is 8.87. The van der Waals surface area contributed by atoms with Crippen molar-refractivity contribution in [1.29, 1.82) is 0 Å². The molecule has 0 bridgehead atoms. The molecule has 1 amide bonds. The van der Waals surface area contributed by atoms with Crippen LogP contribution < -0.4 is 16.0 Å². The van der Waals surface area contributed by atoms with Crippen LogP contribution in [-0.2, 0) is 16.1 Å². The van der Waals surface area contributed by atoms with Crippen LogP contribution in [0.2, 0.25) is 5.02 Å². The first-order valence-electron chi connectivity index (χ1n) is 6.98. The van der Waals surface area contributed by atoms with Gasteiger partial charge in [-0.05, 0) is 31.5 Å². The van der Waals surface area contributed by atoms with Crippen LogP contribution in [0.5, 0.6) is 0 Å². The van der Waals surface area contributed by atoms with Gasteiger partial charge in [-0.2, -0.15) is 0 Å². The van der Waals surface area contributed by atoms with Crippen molar-refractivity contribution in [3.63, 3.8) is 0 Å². The lowest BCUT2D eigenvalue weighted by Gasteiger charge is -2.28. The Hall–Kier alpha value is -1.30. The van der Waals surface area contributed by atoms with Gasteiger partial charge in [0.05, 0.1) is 23.9 Å². The molecule has 6 heteroatoms. The highest BCUT2D eigenvalue weighted by molar-refractivity contribution is 6.33. The van der Waals surface area contributed by atoms with E-state index in [9.17, 15) is 4.79 Å². The van der Waals surface area contributed by atoms with Gasteiger partial charge < -0.3 is 20.7 Å². The minimum atomic E-state index is -0.370. The number of anilines is 1. The maximum atomic E-state index is 11.2. The number of nitrogens with two attached hydrogens (primary N) is 1. The second-order valence-electron chi connectivity index (χ2n) is 5.14. The summed E-state index contributed by atoms with van der Waals surface area (Å²) in [6.07, 6.45) is 0. The van der Waals surface area contributed by atoms with Gasteiger partial charge in [-0.3, -0.25) is 4.79 Å². The molecular formula is C15H24ClN3O2. The number of ether oxygens (including phenoxy) is 1. The van der Waals surface area contributed by atoms with Gasteiger partial charge in [0.1, 0.15) is 0 Å². The Balaban J connectivity index is 2.77. The molecular weight excluding hydrogens is 290 g/mol. The number of carbonyl (C=O) groups is 1. The average Bonchev–Trinajstić information content (AvgIpc) is 2.41. The van der Waals surface area contributed by atoms with Crippen LogP contribution in [0.1, 0.15) is 19.4 Å². The molecule has 0 unspecified atom stereocenters. The van der Waals surface area contributed by atoms with Crippen LogP contribution in [0.15, 0.2) is 18.2 Å². The Morgan fingerprint density at radius 1 is 1.48 bits per heavy atom. The second-order valence-corrected chi connectivity index (χ2v) is 5.55. The molecule has 0 fully saturated rings. The van der Waals surface area contributed by atoms with Crippen molar-refractivity contribution in [3.05, 3.63) is 28.8 Å². The van der Waals surface area contributed by atoms with Gasteiger partial charge in [-0.25, -0.2) is 0 Å². The van der Waals surface area contributed by atoms with Gasteiger partial charge in [0.15, 0.2) is 0 Å². The van der Waals surface area contributed by atoms with Crippen molar-refractivity contribution in [2.75, 3.05) is 31.7 Å². The van der Waals surface area contributed by atoms with E-state index in [0.717, 1.165) is 24.3 Å². The van der Waals surface area contributed by atoms with Gasteiger partial charge in [-0.15, -0.1) is 0 Å². The molecule has 3 N–H and O–H groups in total. The van der Waals surface area contributed by atoms with Crippen molar-refractivity contribution in [1.82, 2.24) is 5.32 Å². The maximum Gasteiger partial charge on any atom is 0.236 e. The first-order valence-corrected chi connectivity index (χ1v) is 7.36. The number of hydrogen-bond donors (Lipinski definition) is 2. The topological polar surface area (TPSA) is 67.6 Å². The number of benzene rings is 1. The average molecular weight is 314 g/mol. The Labute approximate surface area is 131 Å². The summed E-state index contributed by atoms with van der Waals surface area (Å²) in [6.45, 7) is 6.34. The number of hydrogen-bond acceptors (Lipinski definition) is 4. The third kappa shape index (κ3) is 5.91. The minimum absolute atomic E-state index is 0.140. The van der Waals surface area contributed by atoms with Crippen LogP contribution in [0, 0.1) is 0 Å². The molecule has 0 heterocycles. The zero-order chi connectivity index (χ0) is 15.8. The monoisotopic (exact) mass is 313 g/mol. The molecule has 1 aromatic carbocycles. The van der Waals surface area contributed by atoms with E-state index in [2.05, 4.69) is 5.32 Å². The molecule has 0 spiro atoms. The first kappa shape index (κ1) is 17.8. The van der Waals surface area contributed by atoms with Crippen LogP contribution in [0.25, 0.3) is 0 Å². The molecule has 0 aromatic heterocycles. The predicted octanol–water partition coefficient (Wildman–Crippen LogP) is 1.78. The quantitative estimate of drug-likeness (QED) is 0.682. The van der Waals surface area contributed by atoms with E-state index in [0.29, 0.717) is 11.6 Å². The normalized spacial score (nSPS) is 10.9. The van der Waals surface area contributed by atoms with E-state index in [-0.39, 0.29) is 18.5 Å². The number of primary amides is 1. The third-order valence-electron chi connectivity index (χ3n) is 3.08.